The molecule has 1 aliphatic rings. The fourth-order valence-corrected chi connectivity index (χ4v) is 3.34. The second-order valence-electron chi connectivity index (χ2n) is 6.94. The zero-order valence-corrected chi connectivity index (χ0v) is 16.5. The van der Waals surface area contributed by atoms with E-state index in [1.54, 1.807) is 55.5 Å². The van der Waals surface area contributed by atoms with Crippen LogP contribution >= 0.6 is 0 Å². The monoisotopic (exact) mass is 402 g/mol. The van der Waals surface area contributed by atoms with Crippen LogP contribution in [0.4, 0.5) is 0 Å². The lowest BCUT2D eigenvalue weighted by Crippen LogP contribution is -2.43. The topological polar surface area (TPSA) is 80.2 Å². The van der Waals surface area contributed by atoms with Crippen molar-refractivity contribution in [1.29, 1.82) is 0 Å². The van der Waals surface area contributed by atoms with Gasteiger partial charge in [0.05, 0.1) is 5.71 Å². The highest BCUT2D eigenvalue weighted by Gasteiger charge is 2.39. The molecule has 0 spiro atoms. The van der Waals surface area contributed by atoms with Gasteiger partial charge in [0.1, 0.15) is 13.2 Å². The van der Waals surface area contributed by atoms with E-state index in [0.717, 1.165) is 5.56 Å². The molecule has 1 aliphatic heterocycles. The first kappa shape index (κ1) is 19.7. The summed E-state index contributed by atoms with van der Waals surface area (Å²) in [6, 6.07) is 23.1. The van der Waals surface area contributed by atoms with Crippen LogP contribution in [0.5, 0.6) is 11.5 Å². The number of fused-ring (bicyclic) bond motifs is 1. The van der Waals surface area contributed by atoms with Crippen molar-refractivity contribution in [3.63, 3.8) is 0 Å². The number of nitrogens with zero attached hydrogens (tertiary/aromatic N) is 1. The summed E-state index contributed by atoms with van der Waals surface area (Å²) in [5.74, 6) is 0.686. The zero-order valence-electron chi connectivity index (χ0n) is 16.5. The third kappa shape index (κ3) is 3.77. The van der Waals surface area contributed by atoms with Crippen LogP contribution in [0.15, 0.2) is 84.0 Å². The Morgan fingerprint density at radius 1 is 0.900 bits per heavy atom. The van der Waals surface area contributed by atoms with Crippen LogP contribution in [0.3, 0.4) is 0 Å². The molecule has 3 aromatic carbocycles. The molecule has 30 heavy (non-hydrogen) atoms. The Hall–Kier alpha value is -3.64. The van der Waals surface area contributed by atoms with Gasteiger partial charge in [-0.25, -0.2) is 5.43 Å². The maximum Gasteiger partial charge on any atom is 0.281 e. The quantitative estimate of drug-likeness (QED) is 0.507. The van der Waals surface area contributed by atoms with Crippen molar-refractivity contribution in [2.45, 2.75) is 12.5 Å². The average Bonchev–Trinajstić information content (AvgIpc) is 2.82. The Morgan fingerprint density at radius 2 is 1.47 bits per heavy atom. The molecule has 1 heterocycles. The number of carbonyl (C=O) groups excluding carboxylic acids is 1. The minimum atomic E-state index is -1.88. The van der Waals surface area contributed by atoms with Crippen molar-refractivity contribution in [3.8, 4) is 11.5 Å². The van der Waals surface area contributed by atoms with Crippen molar-refractivity contribution in [2.75, 3.05) is 13.2 Å². The van der Waals surface area contributed by atoms with E-state index in [0.29, 0.717) is 41.6 Å². The van der Waals surface area contributed by atoms with Gasteiger partial charge < -0.3 is 14.6 Å². The number of rotatable bonds is 5. The normalized spacial score (nSPS) is 13.6. The lowest BCUT2D eigenvalue weighted by atomic mass is 9.85. The Kier molecular flexibility index (Phi) is 5.50. The van der Waals surface area contributed by atoms with Crippen LogP contribution in [-0.2, 0) is 10.4 Å². The fourth-order valence-electron chi connectivity index (χ4n) is 3.34. The highest BCUT2D eigenvalue weighted by molar-refractivity contribution is 6.00. The van der Waals surface area contributed by atoms with Gasteiger partial charge in [0.25, 0.3) is 5.91 Å². The van der Waals surface area contributed by atoms with Gasteiger partial charge in [-0.05, 0) is 36.2 Å². The number of amides is 1. The molecule has 0 radical (unpaired) electrons. The highest BCUT2D eigenvalue weighted by atomic mass is 16.6. The van der Waals surface area contributed by atoms with E-state index in [1.807, 2.05) is 30.3 Å². The second kappa shape index (κ2) is 8.39. The van der Waals surface area contributed by atoms with Crippen molar-refractivity contribution >= 4 is 11.6 Å². The molecule has 152 valence electrons. The largest absolute Gasteiger partial charge is 0.486 e. The second-order valence-corrected chi connectivity index (χ2v) is 6.94. The van der Waals surface area contributed by atoms with Gasteiger partial charge >= 0.3 is 0 Å². The fraction of sp³-hybridized carbons (Fsp3) is 0.167. The molecule has 6 heteroatoms. The number of ether oxygens (including phenoxy) is 2. The van der Waals surface area contributed by atoms with Crippen LogP contribution in [0.25, 0.3) is 0 Å². The molecule has 6 nitrogen and oxygen atoms in total. The first-order chi connectivity index (χ1) is 14.6. The molecule has 0 aromatic heterocycles. The molecule has 0 saturated carbocycles. The molecule has 0 bridgehead atoms. The third-order valence-electron chi connectivity index (χ3n) is 5.00. The first-order valence-corrected chi connectivity index (χ1v) is 9.67. The molecular formula is C24H22N2O4. The van der Waals surface area contributed by atoms with Gasteiger partial charge in [0, 0.05) is 5.56 Å². The van der Waals surface area contributed by atoms with Crippen molar-refractivity contribution in [1.82, 2.24) is 5.43 Å². The molecule has 0 aliphatic carbocycles. The first-order valence-electron chi connectivity index (χ1n) is 9.67. The smallest absolute Gasteiger partial charge is 0.281 e. The number of hydrogen-bond acceptors (Lipinski definition) is 5. The van der Waals surface area contributed by atoms with Crippen molar-refractivity contribution < 1.29 is 19.4 Å². The number of benzene rings is 3. The highest BCUT2D eigenvalue weighted by Crippen LogP contribution is 2.31. The van der Waals surface area contributed by atoms with Crippen LogP contribution in [-0.4, -0.2) is 29.9 Å². The number of hydrazone groups is 1. The summed E-state index contributed by atoms with van der Waals surface area (Å²) in [6.45, 7) is 2.79. The van der Waals surface area contributed by atoms with E-state index in [1.165, 1.54) is 0 Å². The maximum absolute atomic E-state index is 13.1. The summed E-state index contributed by atoms with van der Waals surface area (Å²) in [4.78, 5) is 13.1. The summed E-state index contributed by atoms with van der Waals surface area (Å²) in [5.41, 5.74) is 2.92. The van der Waals surface area contributed by atoms with Gasteiger partial charge in [-0.3, -0.25) is 4.79 Å². The van der Waals surface area contributed by atoms with Crippen LogP contribution in [0.1, 0.15) is 23.6 Å². The molecular weight excluding hydrogens is 380 g/mol. The van der Waals surface area contributed by atoms with Gasteiger partial charge in [-0.15, -0.1) is 0 Å². The molecule has 1 amide bonds. The van der Waals surface area contributed by atoms with Crippen LogP contribution in [0.2, 0.25) is 0 Å². The van der Waals surface area contributed by atoms with E-state index in [9.17, 15) is 9.90 Å². The predicted octanol–water partition coefficient (Wildman–Crippen LogP) is 3.23. The summed E-state index contributed by atoms with van der Waals surface area (Å²) >= 11 is 0. The van der Waals surface area contributed by atoms with Gasteiger partial charge in [-0.2, -0.15) is 5.10 Å². The average molecular weight is 402 g/mol. The molecule has 0 saturated heterocycles. The predicted molar refractivity (Wildman–Crippen MR) is 114 cm³/mol. The Bertz CT molecular complexity index is 1030. The van der Waals surface area contributed by atoms with E-state index in [-0.39, 0.29) is 0 Å². The maximum atomic E-state index is 13.1. The van der Waals surface area contributed by atoms with E-state index in [2.05, 4.69) is 10.5 Å². The number of aliphatic hydroxyl groups is 1. The van der Waals surface area contributed by atoms with Crippen LogP contribution < -0.4 is 14.9 Å². The van der Waals surface area contributed by atoms with Crippen molar-refractivity contribution in [2.24, 2.45) is 5.10 Å². The lowest BCUT2D eigenvalue weighted by Gasteiger charge is -2.27. The lowest BCUT2D eigenvalue weighted by molar-refractivity contribution is -0.136. The molecule has 3 aromatic rings. The molecule has 0 fully saturated rings. The molecule has 2 N–H and O–H groups in total. The minimum Gasteiger partial charge on any atom is -0.486 e. The Balaban J connectivity index is 1.62. The summed E-state index contributed by atoms with van der Waals surface area (Å²) in [6.07, 6.45) is 0. The molecule has 0 atom stereocenters. The minimum absolute atomic E-state index is 0.459. The number of carbonyl (C=O) groups is 1. The summed E-state index contributed by atoms with van der Waals surface area (Å²) < 4.78 is 11.1. The molecule has 0 unspecified atom stereocenters. The van der Waals surface area contributed by atoms with E-state index in [4.69, 9.17) is 9.47 Å². The number of nitrogens with one attached hydrogen (secondary N) is 1. The third-order valence-corrected chi connectivity index (χ3v) is 5.00. The number of hydrogen-bond donors (Lipinski definition) is 2. The van der Waals surface area contributed by atoms with E-state index < -0.39 is 11.5 Å². The van der Waals surface area contributed by atoms with Gasteiger partial charge in [0.15, 0.2) is 17.1 Å². The molecule has 4 rings (SSSR count). The van der Waals surface area contributed by atoms with Crippen LogP contribution in [0, 0.1) is 0 Å². The Labute approximate surface area is 174 Å². The standard InChI is InChI=1S/C24H22N2O4/c1-17(18-12-13-21-22(16-18)30-15-14-29-21)25-26-23(27)24(28,19-8-4-2-5-9-19)20-10-6-3-7-11-20/h2-13,16,28H,14-15H2,1H3,(H,26,27)/b25-17-. The van der Waals surface area contributed by atoms with Gasteiger partial charge in [-0.1, -0.05) is 60.7 Å². The zero-order chi connectivity index (χ0) is 21.0. The summed E-state index contributed by atoms with van der Waals surface area (Å²) in [5, 5.41) is 15.7. The Morgan fingerprint density at radius 3 is 2.07 bits per heavy atom. The van der Waals surface area contributed by atoms with Gasteiger partial charge in [0.2, 0.25) is 0 Å². The van der Waals surface area contributed by atoms with Crippen molar-refractivity contribution in [3.05, 3.63) is 95.6 Å². The summed E-state index contributed by atoms with van der Waals surface area (Å²) in [7, 11) is 0. The SMILES string of the molecule is C/C(=N/NC(=O)C(O)(c1ccccc1)c1ccccc1)c1ccc2c(c1)OCCO2. The van der Waals surface area contributed by atoms with E-state index >= 15 is 0 Å².